The normalized spacial score (nSPS) is 17.8. The molecule has 0 bridgehead atoms. The van der Waals surface area contributed by atoms with Gasteiger partial charge in [-0.05, 0) is 5.56 Å². The molecule has 2 aromatic rings. The van der Waals surface area contributed by atoms with Gasteiger partial charge in [-0.1, -0.05) is 30.3 Å². The molecule has 0 saturated carbocycles. The first-order chi connectivity index (χ1) is 10.3. The molecule has 1 aromatic heterocycles. The molecule has 2 N–H and O–H groups in total. The summed E-state index contributed by atoms with van der Waals surface area (Å²) < 4.78 is 11.3. The summed E-state index contributed by atoms with van der Waals surface area (Å²) in [4.78, 5) is 5.93. The molecule has 1 aromatic carbocycles. The van der Waals surface area contributed by atoms with E-state index in [1.807, 2.05) is 18.2 Å². The van der Waals surface area contributed by atoms with Gasteiger partial charge in [0.1, 0.15) is 10.6 Å². The van der Waals surface area contributed by atoms with Crippen LogP contribution < -0.4 is 5.73 Å². The van der Waals surface area contributed by atoms with Gasteiger partial charge in [0, 0.05) is 39.7 Å². The van der Waals surface area contributed by atoms with Crippen molar-refractivity contribution in [3.8, 4) is 10.4 Å². The Morgan fingerprint density at radius 3 is 2.62 bits per heavy atom. The monoisotopic (exact) mass is 304 g/mol. The molecule has 112 valence electrons. The molecule has 21 heavy (non-hydrogen) atoms. The smallest absolute Gasteiger partial charge is 0.126 e. The second-order valence-corrected chi connectivity index (χ2v) is 6.17. The van der Waals surface area contributed by atoms with Crippen LogP contribution in [-0.2, 0) is 21.6 Å². The van der Waals surface area contributed by atoms with Crippen molar-refractivity contribution < 1.29 is 9.47 Å². The third-order valence-electron chi connectivity index (χ3n) is 4.01. The van der Waals surface area contributed by atoms with Crippen LogP contribution in [-0.4, -0.2) is 25.3 Å². The molecule has 1 saturated heterocycles. The Bertz CT molecular complexity index is 592. The molecule has 2 heterocycles. The average molecular weight is 304 g/mol. The minimum absolute atomic E-state index is 0.320. The topological polar surface area (TPSA) is 57.4 Å². The van der Waals surface area contributed by atoms with E-state index in [9.17, 15) is 0 Å². The van der Waals surface area contributed by atoms with E-state index in [1.165, 1.54) is 5.56 Å². The molecule has 0 atom stereocenters. The molecular formula is C16H20N2O2S. The first-order valence-electron chi connectivity index (χ1n) is 7.17. The quantitative estimate of drug-likeness (QED) is 0.943. The summed E-state index contributed by atoms with van der Waals surface area (Å²) in [7, 11) is 1.76. The summed E-state index contributed by atoms with van der Waals surface area (Å²) in [5.41, 5.74) is 7.69. The minimum Gasteiger partial charge on any atom is -0.381 e. The first-order valence-corrected chi connectivity index (χ1v) is 7.99. The van der Waals surface area contributed by atoms with Gasteiger partial charge in [0.05, 0.1) is 10.6 Å². The van der Waals surface area contributed by atoms with Gasteiger partial charge < -0.3 is 15.2 Å². The van der Waals surface area contributed by atoms with Gasteiger partial charge in [-0.2, -0.15) is 0 Å². The molecule has 0 amide bonds. The van der Waals surface area contributed by atoms with E-state index >= 15 is 0 Å². The summed E-state index contributed by atoms with van der Waals surface area (Å²) in [6.45, 7) is 1.87. The van der Waals surface area contributed by atoms with Crippen molar-refractivity contribution in [2.24, 2.45) is 5.73 Å². The third-order valence-corrected chi connectivity index (χ3v) is 5.34. The van der Waals surface area contributed by atoms with E-state index in [0.29, 0.717) is 19.8 Å². The number of rotatable bonds is 4. The fourth-order valence-corrected chi connectivity index (χ4v) is 4.03. The molecule has 0 aliphatic carbocycles. The predicted molar refractivity (Wildman–Crippen MR) is 84.2 cm³/mol. The zero-order valence-electron chi connectivity index (χ0n) is 12.2. The Balaban J connectivity index is 2.03. The van der Waals surface area contributed by atoms with E-state index in [2.05, 4.69) is 12.1 Å². The van der Waals surface area contributed by atoms with Crippen LogP contribution in [0.3, 0.4) is 0 Å². The Morgan fingerprint density at radius 2 is 2.00 bits per heavy atom. The van der Waals surface area contributed by atoms with Gasteiger partial charge in [-0.15, -0.1) is 11.3 Å². The van der Waals surface area contributed by atoms with E-state index in [0.717, 1.165) is 28.4 Å². The summed E-state index contributed by atoms with van der Waals surface area (Å²) >= 11 is 1.70. The maximum atomic E-state index is 5.89. The molecule has 0 radical (unpaired) electrons. The van der Waals surface area contributed by atoms with Crippen LogP contribution in [0.4, 0.5) is 0 Å². The van der Waals surface area contributed by atoms with E-state index in [-0.39, 0.29) is 5.60 Å². The standard InChI is InChI=1S/C16H20N2O2S/c1-19-16(7-9-20-10-8-16)15-18-13(11-17)14(21-15)12-5-3-2-4-6-12/h2-6H,7-11,17H2,1H3. The molecular weight excluding hydrogens is 284 g/mol. The molecule has 0 spiro atoms. The maximum absolute atomic E-state index is 5.89. The summed E-state index contributed by atoms with van der Waals surface area (Å²) in [5, 5.41) is 1.02. The van der Waals surface area contributed by atoms with Crippen LogP contribution in [0.5, 0.6) is 0 Å². The highest BCUT2D eigenvalue weighted by atomic mass is 32.1. The number of methoxy groups -OCH3 is 1. The fraction of sp³-hybridized carbons (Fsp3) is 0.438. The Labute approximate surface area is 128 Å². The number of benzene rings is 1. The molecule has 3 rings (SSSR count). The minimum atomic E-state index is -0.320. The lowest BCUT2D eigenvalue weighted by molar-refractivity contribution is -0.0948. The van der Waals surface area contributed by atoms with Crippen molar-refractivity contribution in [2.45, 2.75) is 25.0 Å². The lowest BCUT2D eigenvalue weighted by atomic mass is 9.95. The number of nitrogens with zero attached hydrogens (tertiary/aromatic N) is 1. The molecule has 4 nitrogen and oxygen atoms in total. The van der Waals surface area contributed by atoms with E-state index < -0.39 is 0 Å². The third kappa shape index (κ3) is 2.74. The molecule has 0 unspecified atom stereocenters. The van der Waals surface area contributed by atoms with Crippen LogP contribution in [0.2, 0.25) is 0 Å². The predicted octanol–water partition coefficient (Wildman–Crippen LogP) is 2.92. The highest BCUT2D eigenvalue weighted by Gasteiger charge is 2.38. The number of hydrogen-bond donors (Lipinski definition) is 1. The number of hydrogen-bond acceptors (Lipinski definition) is 5. The van der Waals surface area contributed by atoms with Crippen molar-refractivity contribution in [2.75, 3.05) is 20.3 Å². The lowest BCUT2D eigenvalue weighted by Gasteiger charge is -2.33. The molecule has 5 heteroatoms. The van der Waals surface area contributed by atoms with Crippen molar-refractivity contribution >= 4 is 11.3 Å². The Morgan fingerprint density at radius 1 is 1.29 bits per heavy atom. The number of nitrogens with two attached hydrogens (primary N) is 1. The lowest BCUT2D eigenvalue weighted by Crippen LogP contribution is -2.35. The zero-order chi connectivity index (χ0) is 14.7. The van der Waals surface area contributed by atoms with E-state index in [1.54, 1.807) is 18.4 Å². The summed E-state index contributed by atoms with van der Waals surface area (Å²) in [5.74, 6) is 0. The largest absolute Gasteiger partial charge is 0.381 e. The molecule has 1 fully saturated rings. The van der Waals surface area contributed by atoms with Crippen LogP contribution in [0, 0.1) is 0 Å². The van der Waals surface area contributed by atoms with Crippen LogP contribution in [0.1, 0.15) is 23.5 Å². The SMILES string of the molecule is COC1(c2nc(CN)c(-c3ccccc3)s2)CCOCC1. The van der Waals surface area contributed by atoms with Gasteiger partial charge in [-0.3, -0.25) is 0 Å². The first kappa shape index (κ1) is 14.7. The number of ether oxygens (including phenoxy) is 2. The second-order valence-electron chi connectivity index (χ2n) is 5.18. The van der Waals surface area contributed by atoms with Gasteiger partial charge in [0.15, 0.2) is 0 Å². The Hall–Kier alpha value is -1.27. The van der Waals surface area contributed by atoms with Gasteiger partial charge in [0.2, 0.25) is 0 Å². The van der Waals surface area contributed by atoms with Crippen molar-refractivity contribution in [1.82, 2.24) is 4.98 Å². The second kappa shape index (κ2) is 6.23. The van der Waals surface area contributed by atoms with Crippen LogP contribution in [0.25, 0.3) is 10.4 Å². The highest BCUT2D eigenvalue weighted by molar-refractivity contribution is 7.15. The van der Waals surface area contributed by atoms with Crippen molar-refractivity contribution in [3.05, 3.63) is 41.0 Å². The van der Waals surface area contributed by atoms with Gasteiger partial charge in [-0.25, -0.2) is 4.98 Å². The van der Waals surface area contributed by atoms with Gasteiger partial charge >= 0.3 is 0 Å². The Kier molecular flexibility index (Phi) is 4.35. The highest BCUT2D eigenvalue weighted by Crippen LogP contribution is 2.41. The maximum Gasteiger partial charge on any atom is 0.126 e. The van der Waals surface area contributed by atoms with E-state index in [4.69, 9.17) is 20.2 Å². The van der Waals surface area contributed by atoms with Crippen molar-refractivity contribution in [1.29, 1.82) is 0 Å². The summed E-state index contributed by atoms with van der Waals surface area (Å²) in [6, 6.07) is 10.3. The van der Waals surface area contributed by atoms with Crippen LogP contribution in [0.15, 0.2) is 30.3 Å². The van der Waals surface area contributed by atoms with Crippen LogP contribution >= 0.6 is 11.3 Å². The molecule has 1 aliphatic rings. The molecule has 1 aliphatic heterocycles. The number of aromatic nitrogens is 1. The fourth-order valence-electron chi connectivity index (χ4n) is 2.71. The van der Waals surface area contributed by atoms with Gasteiger partial charge in [0.25, 0.3) is 0 Å². The number of thiazole rings is 1. The summed E-state index contributed by atoms with van der Waals surface area (Å²) in [6.07, 6.45) is 1.69. The zero-order valence-corrected chi connectivity index (χ0v) is 13.0. The average Bonchev–Trinajstić information content (AvgIpc) is 3.01. The van der Waals surface area contributed by atoms with Crippen molar-refractivity contribution in [3.63, 3.8) is 0 Å².